The summed E-state index contributed by atoms with van der Waals surface area (Å²) in [5.41, 5.74) is 1.05. The van der Waals surface area contributed by atoms with E-state index in [9.17, 15) is 13.2 Å². The van der Waals surface area contributed by atoms with E-state index >= 15 is 0 Å². The van der Waals surface area contributed by atoms with Gasteiger partial charge in [0.1, 0.15) is 0 Å². The van der Waals surface area contributed by atoms with Gasteiger partial charge in [0, 0.05) is 31.0 Å². The fourth-order valence-electron chi connectivity index (χ4n) is 4.06. The van der Waals surface area contributed by atoms with E-state index in [-0.39, 0.29) is 10.8 Å². The predicted molar refractivity (Wildman–Crippen MR) is 130 cm³/mol. The molecule has 1 aliphatic rings. The van der Waals surface area contributed by atoms with Crippen molar-refractivity contribution in [1.29, 1.82) is 0 Å². The van der Waals surface area contributed by atoms with Crippen LogP contribution in [0, 0.1) is 0 Å². The summed E-state index contributed by atoms with van der Waals surface area (Å²) in [6, 6.07) is 22.4. The van der Waals surface area contributed by atoms with Crippen molar-refractivity contribution in [1.82, 2.24) is 0 Å². The Morgan fingerprint density at radius 2 is 1.64 bits per heavy atom. The molecule has 0 spiro atoms. The standard InChI is InChI=1S/C25H25ClN2O4S/c1-28(22-7-3-2-4-8-22)33(30,31)23-9-5-6-21(18-23)27-24(29)25(14-16-32-17-15-25)19-10-12-20(26)13-11-19/h2-13,18H,14-17H2,1H3,(H,27,29). The first-order chi connectivity index (χ1) is 15.8. The Labute approximate surface area is 199 Å². The number of nitrogens with zero attached hydrogens (tertiary/aromatic N) is 1. The van der Waals surface area contributed by atoms with E-state index in [2.05, 4.69) is 5.32 Å². The summed E-state index contributed by atoms with van der Waals surface area (Å²) in [6.07, 6.45) is 1.05. The van der Waals surface area contributed by atoms with Gasteiger partial charge in [-0.25, -0.2) is 8.42 Å². The number of nitrogens with one attached hydrogen (secondary N) is 1. The minimum absolute atomic E-state index is 0.0965. The molecule has 0 unspecified atom stereocenters. The molecule has 1 N–H and O–H groups in total. The summed E-state index contributed by atoms with van der Waals surface area (Å²) < 4.78 is 33.1. The Bertz CT molecular complexity index is 1220. The molecule has 3 aromatic carbocycles. The molecule has 3 aromatic rings. The van der Waals surface area contributed by atoms with Crippen LogP contribution in [0.15, 0.2) is 83.8 Å². The fraction of sp³-hybridized carbons (Fsp3) is 0.240. The molecule has 0 aliphatic carbocycles. The van der Waals surface area contributed by atoms with Gasteiger partial charge in [0.05, 0.1) is 16.0 Å². The lowest BCUT2D eigenvalue weighted by Gasteiger charge is -2.36. The van der Waals surface area contributed by atoms with Gasteiger partial charge in [-0.1, -0.05) is 48.0 Å². The van der Waals surface area contributed by atoms with Gasteiger partial charge < -0.3 is 10.1 Å². The minimum atomic E-state index is -3.80. The number of ether oxygens (including phenoxy) is 1. The Morgan fingerprint density at radius 1 is 0.970 bits per heavy atom. The van der Waals surface area contributed by atoms with E-state index in [4.69, 9.17) is 16.3 Å². The van der Waals surface area contributed by atoms with E-state index < -0.39 is 15.4 Å². The van der Waals surface area contributed by atoms with Gasteiger partial charge in [-0.2, -0.15) is 0 Å². The van der Waals surface area contributed by atoms with Crippen molar-refractivity contribution in [2.24, 2.45) is 0 Å². The van der Waals surface area contributed by atoms with Crippen molar-refractivity contribution in [3.63, 3.8) is 0 Å². The number of anilines is 2. The van der Waals surface area contributed by atoms with Crippen LogP contribution in [0.5, 0.6) is 0 Å². The third-order valence-electron chi connectivity index (χ3n) is 6.05. The second-order valence-electron chi connectivity index (χ2n) is 7.99. The van der Waals surface area contributed by atoms with Crippen molar-refractivity contribution >= 4 is 38.9 Å². The van der Waals surface area contributed by atoms with Crippen LogP contribution in [0.4, 0.5) is 11.4 Å². The molecule has 0 aromatic heterocycles. The van der Waals surface area contributed by atoms with Crippen LogP contribution in [0.2, 0.25) is 5.02 Å². The first kappa shape index (κ1) is 23.3. The monoisotopic (exact) mass is 484 g/mol. The average Bonchev–Trinajstić information content (AvgIpc) is 2.85. The van der Waals surface area contributed by atoms with Gasteiger partial charge in [0.15, 0.2) is 0 Å². The van der Waals surface area contributed by atoms with Crippen LogP contribution < -0.4 is 9.62 Å². The fourth-order valence-corrected chi connectivity index (χ4v) is 5.42. The topological polar surface area (TPSA) is 75.7 Å². The zero-order chi connectivity index (χ0) is 23.5. The van der Waals surface area contributed by atoms with E-state index in [1.54, 1.807) is 48.5 Å². The van der Waals surface area contributed by atoms with Gasteiger partial charge >= 0.3 is 0 Å². The molecule has 33 heavy (non-hydrogen) atoms. The summed E-state index contributed by atoms with van der Waals surface area (Å²) in [4.78, 5) is 13.6. The van der Waals surface area contributed by atoms with Crippen LogP contribution in [0.3, 0.4) is 0 Å². The third kappa shape index (κ3) is 4.76. The number of sulfonamides is 1. The smallest absolute Gasteiger partial charge is 0.264 e. The lowest BCUT2D eigenvalue weighted by molar-refractivity contribution is -0.125. The minimum Gasteiger partial charge on any atom is -0.381 e. The number of rotatable bonds is 6. The van der Waals surface area contributed by atoms with Crippen LogP contribution in [-0.2, 0) is 25.0 Å². The highest BCUT2D eigenvalue weighted by Gasteiger charge is 2.41. The number of halogens is 1. The highest BCUT2D eigenvalue weighted by atomic mass is 35.5. The largest absolute Gasteiger partial charge is 0.381 e. The maximum absolute atomic E-state index is 13.5. The summed E-state index contributed by atoms with van der Waals surface area (Å²) in [5.74, 6) is -0.195. The van der Waals surface area contributed by atoms with Crippen molar-refractivity contribution < 1.29 is 17.9 Å². The molecular formula is C25H25ClN2O4S. The maximum atomic E-state index is 13.5. The molecule has 1 saturated heterocycles. The van der Waals surface area contributed by atoms with E-state index in [0.717, 1.165) is 5.56 Å². The molecule has 1 amide bonds. The second-order valence-corrected chi connectivity index (χ2v) is 10.4. The third-order valence-corrected chi connectivity index (χ3v) is 8.08. The molecule has 8 heteroatoms. The summed E-state index contributed by atoms with van der Waals surface area (Å²) in [6.45, 7) is 0.929. The Kier molecular flexibility index (Phi) is 6.74. The molecule has 1 fully saturated rings. The first-order valence-electron chi connectivity index (χ1n) is 10.6. The van der Waals surface area contributed by atoms with E-state index in [1.807, 2.05) is 18.2 Å². The summed E-state index contributed by atoms with van der Waals surface area (Å²) >= 11 is 6.05. The molecule has 4 rings (SSSR count). The predicted octanol–water partition coefficient (Wildman–Crippen LogP) is 4.85. The zero-order valence-corrected chi connectivity index (χ0v) is 19.8. The van der Waals surface area contributed by atoms with E-state index in [0.29, 0.717) is 42.5 Å². The Balaban J connectivity index is 1.62. The maximum Gasteiger partial charge on any atom is 0.264 e. The van der Waals surface area contributed by atoms with Crippen molar-refractivity contribution in [3.05, 3.63) is 89.4 Å². The first-order valence-corrected chi connectivity index (χ1v) is 12.4. The van der Waals surface area contributed by atoms with Gasteiger partial charge in [-0.15, -0.1) is 0 Å². The number of benzene rings is 3. The van der Waals surface area contributed by atoms with Crippen molar-refractivity contribution in [3.8, 4) is 0 Å². The van der Waals surface area contributed by atoms with Crippen LogP contribution in [0.1, 0.15) is 18.4 Å². The molecule has 6 nitrogen and oxygen atoms in total. The molecule has 1 aliphatic heterocycles. The molecular weight excluding hydrogens is 460 g/mol. The molecule has 0 radical (unpaired) electrons. The van der Waals surface area contributed by atoms with Gasteiger partial charge in [0.2, 0.25) is 5.91 Å². The number of hydrogen-bond donors (Lipinski definition) is 1. The highest BCUT2D eigenvalue weighted by molar-refractivity contribution is 7.92. The van der Waals surface area contributed by atoms with Gasteiger partial charge in [-0.3, -0.25) is 9.10 Å². The second kappa shape index (κ2) is 9.55. The highest BCUT2D eigenvalue weighted by Crippen LogP contribution is 2.37. The van der Waals surface area contributed by atoms with Crippen molar-refractivity contribution in [2.75, 3.05) is 29.9 Å². The number of hydrogen-bond acceptors (Lipinski definition) is 4. The quantitative estimate of drug-likeness (QED) is 0.542. The SMILES string of the molecule is CN(c1ccccc1)S(=O)(=O)c1cccc(NC(=O)C2(c3ccc(Cl)cc3)CCOCC2)c1. The number of amides is 1. The molecule has 0 atom stereocenters. The van der Waals surface area contributed by atoms with Crippen LogP contribution in [-0.4, -0.2) is 34.6 Å². The van der Waals surface area contributed by atoms with Crippen molar-refractivity contribution in [2.45, 2.75) is 23.2 Å². The van der Waals surface area contributed by atoms with Crippen LogP contribution in [0.25, 0.3) is 0 Å². The summed E-state index contributed by atoms with van der Waals surface area (Å²) in [5, 5.41) is 3.55. The average molecular weight is 485 g/mol. The van der Waals surface area contributed by atoms with Crippen LogP contribution >= 0.6 is 11.6 Å². The molecule has 0 bridgehead atoms. The van der Waals surface area contributed by atoms with E-state index in [1.165, 1.54) is 23.5 Å². The Hall–Kier alpha value is -2.87. The molecule has 172 valence electrons. The van der Waals surface area contributed by atoms with Gasteiger partial charge in [-0.05, 0) is 60.9 Å². The number of carbonyl (C=O) groups is 1. The molecule has 1 heterocycles. The number of carbonyl (C=O) groups excluding carboxylic acids is 1. The lowest BCUT2D eigenvalue weighted by Crippen LogP contribution is -2.44. The Morgan fingerprint density at radius 3 is 2.30 bits per heavy atom. The summed E-state index contributed by atoms with van der Waals surface area (Å²) in [7, 11) is -2.29. The molecule has 0 saturated carbocycles. The van der Waals surface area contributed by atoms with Gasteiger partial charge in [0.25, 0.3) is 10.0 Å². The number of para-hydroxylation sites is 1. The normalized spacial score (nSPS) is 15.6. The lowest BCUT2D eigenvalue weighted by atomic mass is 9.73. The zero-order valence-electron chi connectivity index (χ0n) is 18.2.